The Morgan fingerprint density at radius 2 is 2.00 bits per heavy atom. The molecule has 60 valence electrons. The van der Waals surface area contributed by atoms with Crippen molar-refractivity contribution in [2.45, 2.75) is 17.4 Å². The van der Waals surface area contributed by atoms with E-state index in [1.165, 1.54) is 5.75 Å². The van der Waals surface area contributed by atoms with Crippen molar-refractivity contribution in [2.75, 3.05) is 12.3 Å². The summed E-state index contributed by atoms with van der Waals surface area (Å²) in [6.07, 6.45) is 0. The van der Waals surface area contributed by atoms with E-state index in [1.54, 1.807) is 0 Å². The Balaban J connectivity index is 0.000000810. The fourth-order valence-corrected chi connectivity index (χ4v) is 4.37. The molecule has 0 radical (unpaired) electrons. The van der Waals surface area contributed by atoms with Gasteiger partial charge in [-0.1, -0.05) is 35.4 Å². The van der Waals surface area contributed by atoms with Crippen molar-refractivity contribution in [1.29, 1.82) is 0 Å². The van der Waals surface area contributed by atoms with Crippen molar-refractivity contribution >= 4 is 33.3 Å². The fraction of sp³-hybridized carbons (Fsp3) is 1.00. The van der Waals surface area contributed by atoms with Crippen LogP contribution in [0.1, 0.15) is 13.8 Å². The van der Waals surface area contributed by atoms with Gasteiger partial charge in [0.05, 0.1) is 0 Å². The summed E-state index contributed by atoms with van der Waals surface area (Å²) in [6.45, 7) is 5.22. The van der Waals surface area contributed by atoms with Gasteiger partial charge in [-0.3, -0.25) is 0 Å². The minimum Gasteiger partial charge on any atom is -0.629 e. The molecule has 1 saturated heterocycles. The predicted molar refractivity (Wildman–Crippen MR) is 49.9 cm³/mol. The SMILES string of the molecule is CC[N-]C1(SCC)SS1.[Mo]. The predicted octanol–water partition coefficient (Wildman–Crippen LogP) is 3.14. The molecule has 1 rings (SSSR count). The molecular formula is C5H10MoNS3-. The normalized spacial score (nSPS) is 19.8. The number of nitrogens with zero attached hydrogens (tertiary/aromatic N) is 1. The van der Waals surface area contributed by atoms with Crippen molar-refractivity contribution in [3.8, 4) is 0 Å². The summed E-state index contributed by atoms with van der Waals surface area (Å²) in [5, 5.41) is 4.45. The van der Waals surface area contributed by atoms with Crippen molar-refractivity contribution in [3.05, 3.63) is 5.32 Å². The van der Waals surface area contributed by atoms with Gasteiger partial charge in [0, 0.05) is 24.6 Å². The van der Waals surface area contributed by atoms with E-state index in [2.05, 4.69) is 19.2 Å². The van der Waals surface area contributed by atoms with E-state index in [9.17, 15) is 0 Å². The Hall–Kier alpha value is 1.70. The zero-order valence-corrected chi connectivity index (χ0v) is 10.5. The smallest absolute Gasteiger partial charge is 0.0414 e. The van der Waals surface area contributed by atoms with E-state index in [0.29, 0.717) is 0 Å². The minimum absolute atomic E-state index is 0. The summed E-state index contributed by atoms with van der Waals surface area (Å²) in [5.41, 5.74) is 0. The zero-order valence-electron chi connectivity index (χ0n) is 5.99. The van der Waals surface area contributed by atoms with E-state index in [4.69, 9.17) is 0 Å². The Bertz CT molecular complexity index is 88.9. The molecule has 1 aliphatic heterocycles. The zero-order chi connectivity index (χ0) is 6.74. The molecule has 0 aromatic rings. The van der Waals surface area contributed by atoms with Crippen LogP contribution in [0.3, 0.4) is 0 Å². The minimum atomic E-state index is 0. The quantitative estimate of drug-likeness (QED) is 0.445. The second kappa shape index (κ2) is 5.36. The van der Waals surface area contributed by atoms with Crippen LogP contribution >= 0.6 is 33.3 Å². The third-order valence-electron chi connectivity index (χ3n) is 0.904. The summed E-state index contributed by atoms with van der Waals surface area (Å²) in [5.74, 6) is 1.17. The van der Waals surface area contributed by atoms with Crippen molar-refractivity contribution in [2.24, 2.45) is 0 Å². The first-order valence-corrected chi connectivity index (χ1v) is 6.16. The maximum atomic E-state index is 4.45. The summed E-state index contributed by atoms with van der Waals surface area (Å²) in [6, 6.07) is 0. The Labute approximate surface area is 88.9 Å². The first-order chi connectivity index (χ1) is 4.33. The van der Waals surface area contributed by atoms with Gasteiger partial charge in [0.25, 0.3) is 0 Å². The number of thioether (sulfide) groups is 1. The van der Waals surface area contributed by atoms with Gasteiger partial charge in [-0.15, -0.1) is 6.54 Å². The van der Waals surface area contributed by atoms with Crippen LogP contribution < -0.4 is 0 Å². The van der Waals surface area contributed by atoms with Gasteiger partial charge in [0.15, 0.2) is 0 Å². The van der Waals surface area contributed by atoms with Crippen LogP contribution in [0.25, 0.3) is 5.32 Å². The molecule has 1 heterocycles. The van der Waals surface area contributed by atoms with Gasteiger partial charge >= 0.3 is 0 Å². The average Bonchev–Trinajstić information content (AvgIpc) is 2.51. The van der Waals surface area contributed by atoms with E-state index < -0.39 is 0 Å². The molecule has 0 saturated carbocycles. The van der Waals surface area contributed by atoms with Gasteiger partial charge in [0.1, 0.15) is 0 Å². The molecule has 0 aromatic carbocycles. The molecule has 5 heteroatoms. The van der Waals surface area contributed by atoms with E-state index in [1.807, 2.05) is 33.3 Å². The van der Waals surface area contributed by atoms with Crippen LogP contribution in [0.2, 0.25) is 0 Å². The van der Waals surface area contributed by atoms with E-state index >= 15 is 0 Å². The molecule has 0 amide bonds. The van der Waals surface area contributed by atoms with Crippen LogP contribution in [-0.4, -0.2) is 15.8 Å². The summed E-state index contributed by atoms with van der Waals surface area (Å²) >= 11 is 1.93. The van der Waals surface area contributed by atoms with Crippen LogP contribution in [0.5, 0.6) is 0 Å². The Morgan fingerprint density at radius 3 is 2.30 bits per heavy atom. The van der Waals surface area contributed by atoms with Crippen LogP contribution in [0.4, 0.5) is 0 Å². The number of hydrogen-bond donors (Lipinski definition) is 0. The first-order valence-electron chi connectivity index (χ1n) is 3.02. The molecule has 1 nitrogen and oxygen atoms in total. The van der Waals surface area contributed by atoms with Gasteiger partial charge in [-0.2, -0.15) is 11.8 Å². The second-order valence-electron chi connectivity index (χ2n) is 1.60. The van der Waals surface area contributed by atoms with Crippen LogP contribution in [-0.2, 0) is 21.1 Å². The average molecular weight is 276 g/mol. The molecular weight excluding hydrogens is 266 g/mol. The summed E-state index contributed by atoms with van der Waals surface area (Å²) < 4.78 is 0.226. The van der Waals surface area contributed by atoms with Crippen LogP contribution in [0.15, 0.2) is 0 Å². The third-order valence-corrected chi connectivity index (χ3v) is 5.68. The van der Waals surface area contributed by atoms with Crippen molar-refractivity contribution < 1.29 is 21.1 Å². The Morgan fingerprint density at radius 1 is 1.40 bits per heavy atom. The molecule has 0 aliphatic carbocycles. The van der Waals surface area contributed by atoms with E-state index in [-0.39, 0.29) is 24.6 Å². The molecule has 0 aromatic heterocycles. The van der Waals surface area contributed by atoms with Gasteiger partial charge < -0.3 is 5.32 Å². The maximum Gasteiger partial charge on any atom is 0.0414 e. The Kier molecular flexibility index (Phi) is 6.27. The molecule has 0 bridgehead atoms. The van der Waals surface area contributed by atoms with Crippen molar-refractivity contribution in [1.82, 2.24) is 0 Å². The molecule has 1 fully saturated rings. The first kappa shape index (κ1) is 11.7. The number of rotatable bonds is 4. The second-order valence-corrected chi connectivity index (χ2v) is 6.34. The molecule has 0 spiro atoms. The van der Waals surface area contributed by atoms with Crippen molar-refractivity contribution in [3.63, 3.8) is 0 Å². The largest absolute Gasteiger partial charge is 0.629 e. The summed E-state index contributed by atoms with van der Waals surface area (Å²) in [4.78, 5) is 0. The number of hydrogen-bond acceptors (Lipinski definition) is 3. The third kappa shape index (κ3) is 3.40. The van der Waals surface area contributed by atoms with E-state index in [0.717, 1.165) is 6.54 Å². The maximum absolute atomic E-state index is 4.45. The van der Waals surface area contributed by atoms with Gasteiger partial charge in [-0.25, -0.2) is 0 Å². The molecule has 10 heavy (non-hydrogen) atoms. The molecule has 1 aliphatic rings. The van der Waals surface area contributed by atoms with Crippen LogP contribution in [0, 0.1) is 0 Å². The topological polar surface area (TPSA) is 14.1 Å². The van der Waals surface area contributed by atoms with Gasteiger partial charge in [-0.05, 0) is 5.75 Å². The molecule has 0 unspecified atom stereocenters. The summed E-state index contributed by atoms with van der Waals surface area (Å²) in [7, 11) is 3.76. The van der Waals surface area contributed by atoms with Gasteiger partial charge in [0.2, 0.25) is 0 Å². The molecule has 0 atom stereocenters. The standard InChI is InChI=1S/C5H10NS3.Mo/c1-3-6-5(7-4-2)8-9-5;/h3-4H2,1-2H3;/q-1;. The monoisotopic (exact) mass is 278 g/mol. The molecule has 0 N–H and O–H groups in total. The fourth-order valence-electron chi connectivity index (χ4n) is 0.558.